The Morgan fingerprint density at radius 2 is 1.93 bits per heavy atom. The van der Waals surface area contributed by atoms with Crippen LogP contribution in [-0.4, -0.2) is 37.8 Å². The van der Waals surface area contributed by atoms with Crippen LogP contribution in [0.1, 0.15) is 12.8 Å². The summed E-state index contributed by atoms with van der Waals surface area (Å²) in [5.74, 6) is -0.737. The summed E-state index contributed by atoms with van der Waals surface area (Å²) in [6.07, 6.45) is 0.921. The third kappa shape index (κ3) is 4.43. The summed E-state index contributed by atoms with van der Waals surface area (Å²) >= 11 is 5.88. The van der Waals surface area contributed by atoms with Gasteiger partial charge in [0.2, 0.25) is 15.9 Å². The van der Waals surface area contributed by atoms with Crippen LogP contribution in [0.25, 0.3) is 0 Å². The number of alkyl halides is 2. The largest absolute Gasteiger partial charge is 0.433 e. The number of rotatable bonds is 6. The van der Waals surface area contributed by atoms with E-state index in [1.54, 1.807) is 18.2 Å². The zero-order chi connectivity index (χ0) is 20.3. The third-order valence-corrected chi connectivity index (χ3v) is 6.49. The zero-order valence-electron chi connectivity index (χ0n) is 14.5. The Hall–Kier alpha value is -2.23. The predicted octanol–water partition coefficient (Wildman–Crippen LogP) is 3.73. The van der Waals surface area contributed by atoms with Gasteiger partial charge >= 0.3 is 6.61 Å². The van der Waals surface area contributed by atoms with Gasteiger partial charge in [0, 0.05) is 12.2 Å². The molecule has 0 saturated carbocycles. The number of anilines is 1. The van der Waals surface area contributed by atoms with Crippen LogP contribution in [0.2, 0.25) is 5.02 Å². The Bertz CT molecular complexity index is 957. The van der Waals surface area contributed by atoms with E-state index in [0.29, 0.717) is 12.8 Å². The van der Waals surface area contributed by atoms with E-state index in [9.17, 15) is 22.0 Å². The van der Waals surface area contributed by atoms with E-state index in [4.69, 9.17) is 11.6 Å². The van der Waals surface area contributed by atoms with Gasteiger partial charge < -0.3 is 10.1 Å². The number of carbonyl (C=O) groups excluding carboxylic acids is 1. The number of hydrogen-bond acceptors (Lipinski definition) is 4. The maximum atomic E-state index is 12.8. The molecular formula is C18H17ClF2N2O4S. The normalized spacial score (nSPS) is 17.6. The van der Waals surface area contributed by atoms with Gasteiger partial charge in [0.05, 0.1) is 9.92 Å². The highest BCUT2D eigenvalue weighted by Crippen LogP contribution is 2.30. The van der Waals surface area contributed by atoms with Crippen molar-refractivity contribution < 1.29 is 26.7 Å². The van der Waals surface area contributed by atoms with E-state index in [1.165, 1.54) is 34.6 Å². The molecule has 3 rings (SSSR count). The van der Waals surface area contributed by atoms with Crippen LogP contribution >= 0.6 is 11.6 Å². The fraction of sp³-hybridized carbons (Fsp3) is 0.278. The highest BCUT2D eigenvalue weighted by molar-refractivity contribution is 7.89. The van der Waals surface area contributed by atoms with Crippen molar-refractivity contribution in [1.82, 2.24) is 4.31 Å². The number of nitrogens with zero attached hydrogens (tertiary/aromatic N) is 1. The van der Waals surface area contributed by atoms with Crippen LogP contribution in [0.3, 0.4) is 0 Å². The summed E-state index contributed by atoms with van der Waals surface area (Å²) in [7, 11) is -3.81. The number of hydrogen-bond donors (Lipinski definition) is 1. The van der Waals surface area contributed by atoms with Gasteiger partial charge in [-0.2, -0.15) is 13.1 Å². The van der Waals surface area contributed by atoms with Crippen molar-refractivity contribution in [2.45, 2.75) is 30.4 Å². The molecule has 0 aromatic heterocycles. The van der Waals surface area contributed by atoms with E-state index in [1.807, 2.05) is 0 Å². The van der Waals surface area contributed by atoms with Crippen molar-refractivity contribution in [2.24, 2.45) is 0 Å². The Morgan fingerprint density at radius 3 is 2.57 bits per heavy atom. The Balaban J connectivity index is 1.76. The first kappa shape index (κ1) is 20.5. The fourth-order valence-corrected chi connectivity index (χ4v) is 4.92. The molecule has 1 atom stereocenters. The van der Waals surface area contributed by atoms with E-state index in [2.05, 4.69) is 10.1 Å². The van der Waals surface area contributed by atoms with E-state index in [-0.39, 0.29) is 27.9 Å². The molecule has 1 unspecified atom stereocenters. The number of benzene rings is 2. The first-order valence-corrected chi connectivity index (χ1v) is 10.2. The van der Waals surface area contributed by atoms with Gasteiger partial charge in [-0.15, -0.1) is 0 Å². The molecule has 1 aliphatic heterocycles. The minimum absolute atomic E-state index is 0.0988. The lowest BCUT2D eigenvalue weighted by Gasteiger charge is -2.23. The highest BCUT2D eigenvalue weighted by atomic mass is 35.5. The van der Waals surface area contributed by atoms with Gasteiger partial charge in [-0.1, -0.05) is 29.8 Å². The van der Waals surface area contributed by atoms with Crippen molar-refractivity contribution >= 4 is 33.2 Å². The molecule has 0 radical (unpaired) electrons. The Kier molecular flexibility index (Phi) is 6.17. The van der Waals surface area contributed by atoms with E-state index >= 15 is 0 Å². The molecule has 1 amide bonds. The Morgan fingerprint density at radius 1 is 1.21 bits per heavy atom. The van der Waals surface area contributed by atoms with Crippen LogP contribution in [0, 0.1) is 0 Å². The molecule has 6 nitrogen and oxygen atoms in total. The maximum Gasteiger partial charge on any atom is 0.387 e. The molecule has 1 N–H and O–H groups in total. The second-order valence-electron chi connectivity index (χ2n) is 6.10. The van der Waals surface area contributed by atoms with Gasteiger partial charge in [-0.3, -0.25) is 4.79 Å². The summed E-state index contributed by atoms with van der Waals surface area (Å²) in [6.45, 7) is -2.79. The first-order valence-electron chi connectivity index (χ1n) is 8.41. The summed E-state index contributed by atoms with van der Waals surface area (Å²) in [5.41, 5.74) is 0.251. The summed E-state index contributed by atoms with van der Waals surface area (Å²) in [5, 5.41) is 2.49. The SMILES string of the molecule is O=C(Nc1ccc(OC(F)F)c(Cl)c1)C1CCCN1S(=O)(=O)c1ccccc1. The molecule has 28 heavy (non-hydrogen) atoms. The smallest absolute Gasteiger partial charge is 0.387 e. The number of amides is 1. The molecule has 2 aromatic carbocycles. The van der Waals surface area contributed by atoms with Gasteiger partial charge in [-0.25, -0.2) is 8.42 Å². The number of sulfonamides is 1. The van der Waals surface area contributed by atoms with Gasteiger partial charge in [0.1, 0.15) is 11.8 Å². The molecule has 0 spiro atoms. The van der Waals surface area contributed by atoms with Crippen LogP contribution in [0.5, 0.6) is 5.75 Å². The van der Waals surface area contributed by atoms with Crippen molar-refractivity contribution in [2.75, 3.05) is 11.9 Å². The molecular weight excluding hydrogens is 414 g/mol. The highest BCUT2D eigenvalue weighted by Gasteiger charge is 2.39. The topological polar surface area (TPSA) is 75.7 Å². The molecule has 0 aliphatic carbocycles. The lowest BCUT2D eigenvalue weighted by Crippen LogP contribution is -2.43. The standard InChI is InChI=1S/C18H17ClF2N2O4S/c19-14-11-12(8-9-16(14)27-18(20)21)22-17(24)15-7-4-10-23(15)28(25,26)13-5-2-1-3-6-13/h1-3,5-6,8-9,11,15,18H,4,7,10H2,(H,22,24). The molecule has 1 aliphatic rings. The molecule has 1 heterocycles. The third-order valence-electron chi connectivity index (χ3n) is 4.27. The predicted molar refractivity (Wildman–Crippen MR) is 100 cm³/mol. The van der Waals surface area contributed by atoms with Crippen LogP contribution in [0.4, 0.5) is 14.5 Å². The second kappa shape index (κ2) is 8.42. The number of nitrogens with one attached hydrogen (secondary N) is 1. The zero-order valence-corrected chi connectivity index (χ0v) is 16.1. The average Bonchev–Trinajstić information content (AvgIpc) is 3.15. The molecule has 1 saturated heterocycles. The summed E-state index contributed by atoms with van der Waals surface area (Å²) < 4.78 is 55.7. The van der Waals surface area contributed by atoms with Crippen LogP contribution in [0.15, 0.2) is 53.4 Å². The van der Waals surface area contributed by atoms with E-state index < -0.39 is 28.6 Å². The van der Waals surface area contributed by atoms with Crippen LogP contribution < -0.4 is 10.1 Å². The van der Waals surface area contributed by atoms with Crippen molar-refractivity contribution in [1.29, 1.82) is 0 Å². The quantitative estimate of drug-likeness (QED) is 0.757. The van der Waals surface area contributed by atoms with Crippen molar-refractivity contribution in [3.8, 4) is 5.75 Å². The lowest BCUT2D eigenvalue weighted by molar-refractivity contribution is -0.119. The van der Waals surface area contributed by atoms with E-state index in [0.717, 1.165) is 0 Å². The fourth-order valence-electron chi connectivity index (χ4n) is 3.01. The van der Waals surface area contributed by atoms with Gasteiger partial charge in [0.15, 0.2) is 0 Å². The monoisotopic (exact) mass is 430 g/mol. The minimum Gasteiger partial charge on any atom is -0.433 e. The second-order valence-corrected chi connectivity index (χ2v) is 8.40. The van der Waals surface area contributed by atoms with Gasteiger partial charge in [0.25, 0.3) is 0 Å². The van der Waals surface area contributed by atoms with Crippen molar-refractivity contribution in [3.63, 3.8) is 0 Å². The molecule has 0 bridgehead atoms. The van der Waals surface area contributed by atoms with Crippen LogP contribution in [-0.2, 0) is 14.8 Å². The maximum absolute atomic E-state index is 12.8. The van der Waals surface area contributed by atoms with Gasteiger partial charge in [-0.05, 0) is 43.2 Å². The number of carbonyl (C=O) groups is 1. The minimum atomic E-state index is -3.81. The molecule has 2 aromatic rings. The first-order chi connectivity index (χ1) is 13.3. The molecule has 1 fully saturated rings. The number of ether oxygens (including phenoxy) is 1. The number of halogens is 3. The summed E-state index contributed by atoms with van der Waals surface area (Å²) in [6, 6.07) is 10.8. The lowest BCUT2D eigenvalue weighted by atomic mass is 10.2. The van der Waals surface area contributed by atoms with Crippen molar-refractivity contribution in [3.05, 3.63) is 53.6 Å². The molecule has 150 valence electrons. The summed E-state index contributed by atoms with van der Waals surface area (Å²) in [4.78, 5) is 12.8. The Labute approximate surface area is 166 Å². The molecule has 10 heteroatoms. The average molecular weight is 431 g/mol.